The Morgan fingerprint density at radius 2 is 1.85 bits per heavy atom. The third kappa shape index (κ3) is 3.07. The SMILES string of the molecule is Oc1c(F)ccc(Br)c1[C@H](N1CCNCC1)C(F)(F)F. The lowest BCUT2D eigenvalue weighted by Crippen LogP contribution is -2.49. The Balaban J connectivity index is 2.49. The summed E-state index contributed by atoms with van der Waals surface area (Å²) in [6, 6.07) is 0.0640. The van der Waals surface area contributed by atoms with E-state index in [1.165, 1.54) is 11.0 Å². The van der Waals surface area contributed by atoms with Gasteiger partial charge in [0.1, 0.15) is 6.04 Å². The molecule has 0 amide bonds. The van der Waals surface area contributed by atoms with Gasteiger partial charge in [0.2, 0.25) is 0 Å². The van der Waals surface area contributed by atoms with Crippen LogP contribution in [0, 0.1) is 5.82 Å². The van der Waals surface area contributed by atoms with Gasteiger partial charge in [0, 0.05) is 36.2 Å². The number of nitrogens with zero attached hydrogens (tertiary/aromatic N) is 1. The van der Waals surface area contributed by atoms with Gasteiger partial charge in [-0.05, 0) is 12.1 Å². The highest BCUT2D eigenvalue weighted by Gasteiger charge is 2.47. The van der Waals surface area contributed by atoms with Gasteiger partial charge < -0.3 is 10.4 Å². The molecule has 1 aliphatic heterocycles. The summed E-state index contributed by atoms with van der Waals surface area (Å²) in [6.07, 6.45) is -4.61. The second-order valence-electron chi connectivity index (χ2n) is 4.52. The van der Waals surface area contributed by atoms with Gasteiger partial charge in [-0.15, -0.1) is 0 Å². The average Bonchev–Trinajstić information content (AvgIpc) is 2.39. The van der Waals surface area contributed by atoms with Crippen molar-refractivity contribution in [2.45, 2.75) is 12.2 Å². The van der Waals surface area contributed by atoms with Crippen molar-refractivity contribution in [1.29, 1.82) is 0 Å². The molecule has 2 N–H and O–H groups in total. The highest BCUT2D eigenvalue weighted by molar-refractivity contribution is 9.10. The molecule has 1 aromatic carbocycles. The summed E-state index contributed by atoms with van der Waals surface area (Å²) in [7, 11) is 0. The van der Waals surface area contributed by atoms with E-state index in [4.69, 9.17) is 0 Å². The highest BCUT2D eigenvalue weighted by Crippen LogP contribution is 2.45. The van der Waals surface area contributed by atoms with Crippen LogP contribution in [0.2, 0.25) is 0 Å². The summed E-state index contributed by atoms with van der Waals surface area (Å²) in [4.78, 5) is 1.19. The van der Waals surface area contributed by atoms with Crippen LogP contribution in [-0.2, 0) is 0 Å². The van der Waals surface area contributed by atoms with Gasteiger partial charge >= 0.3 is 6.18 Å². The van der Waals surface area contributed by atoms with Crippen molar-refractivity contribution in [3.05, 3.63) is 28.0 Å². The van der Waals surface area contributed by atoms with Crippen LogP contribution in [0.4, 0.5) is 17.6 Å². The van der Waals surface area contributed by atoms with Crippen LogP contribution in [0.1, 0.15) is 11.6 Å². The lowest BCUT2D eigenvalue weighted by Gasteiger charge is -2.36. The molecule has 1 aromatic rings. The quantitative estimate of drug-likeness (QED) is 0.800. The van der Waals surface area contributed by atoms with Crippen LogP contribution < -0.4 is 5.32 Å². The maximum absolute atomic E-state index is 13.4. The van der Waals surface area contributed by atoms with Gasteiger partial charge in [0.05, 0.1) is 0 Å². The van der Waals surface area contributed by atoms with E-state index in [2.05, 4.69) is 21.2 Å². The smallest absolute Gasteiger partial charge is 0.408 e. The van der Waals surface area contributed by atoms with E-state index in [9.17, 15) is 22.7 Å². The normalized spacial score (nSPS) is 19.1. The van der Waals surface area contributed by atoms with Crippen LogP contribution in [0.3, 0.4) is 0 Å². The van der Waals surface area contributed by atoms with Gasteiger partial charge in [0.25, 0.3) is 0 Å². The number of nitrogens with one attached hydrogen (secondary N) is 1. The minimum Gasteiger partial charge on any atom is -0.505 e. The first kappa shape index (κ1) is 15.5. The van der Waals surface area contributed by atoms with E-state index in [1.54, 1.807) is 0 Å². The summed E-state index contributed by atoms with van der Waals surface area (Å²) >= 11 is 2.97. The molecule has 0 saturated carbocycles. The molecule has 1 saturated heterocycles. The molecule has 0 bridgehead atoms. The third-order valence-corrected chi connectivity index (χ3v) is 3.91. The molecule has 2 rings (SSSR count). The molecule has 1 atom stereocenters. The van der Waals surface area contributed by atoms with E-state index < -0.39 is 29.3 Å². The Morgan fingerprint density at radius 3 is 2.40 bits per heavy atom. The van der Waals surface area contributed by atoms with Crippen LogP contribution >= 0.6 is 15.9 Å². The molecule has 112 valence electrons. The molecule has 8 heteroatoms. The standard InChI is InChI=1S/C12H13BrF4N2O/c13-7-1-2-8(14)10(20)9(7)11(12(15,16)17)19-5-3-18-4-6-19/h1-2,11,18,20H,3-6H2/t11-/m0/s1. The molecule has 0 aromatic heterocycles. The minimum absolute atomic E-state index is 0.0391. The molecule has 0 unspecified atom stereocenters. The zero-order valence-electron chi connectivity index (χ0n) is 10.3. The Morgan fingerprint density at radius 1 is 1.25 bits per heavy atom. The van der Waals surface area contributed by atoms with Gasteiger partial charge in [-0.2, -0.15) is 13.2 Å². The summed E-state index contributed by atoms with van der Waals surface area (Å²) < 4.78 is 53.5. The third-order valence-electron chi connectivity index (χ3n) is 3.21. The van der Waals surface area contributed by atoms with Crippen molar-refractivity contribution in [2.75, 3.05) is 26.2 Å². The Bertz CT molecular complexity index is 489. The summed E-state index contributed by atoms with van der Waals surface area (Å²) in [5.41, 5.74) is -0.473. The Hall–Kier alpha value is -0.860. The average molecular weight is 357 g/mol. The summed E-state index contributed by atoms with van der Waals surface area (Å²) in [5.74, 6) is -2.02. The number of rotatable bonds is 2. The molecular formula is C12H13BrF4N2O. The molecule has 3 nitrogen and oxygen atoms in total. The van der Waals surface area contributed by atoms with Crippen molar-refractivity contribution in [3.63, 3.8) is 0 Å². The van der Waals surface area contributed by atoms with E-state index in [-0.39, 0.29) is 17.6 Å². The van der Waals surface area contributed by atoms with Crippen molar-refractivity contribution in [2.24, 2.45) is 0 Å². The summed E-state index contributed by atoms with van der Waals surface area (Å²) in [5, 5.41) is 12.7. The number of hydrogen-bond donors (Lipinski definition) is 2. The van der Waals surface area contributed by atoms with Crippen LogP contribution in [0.5, 0.6) is 5.75 Å². The highest BCUT2D eigenvalue weighted by atomic mass is 79.9. The van der Waals surface area contributed by atoms with E-state index in [0.717, 1.165) is 6.07 Å². The van der Waals surface area contributed by atoms with Crippen LogP contribution in [0.25, 0.3) is 0 Å². The number of aromatic hydroxyl groups is 1. The zero-order valence-corrected chi connectivity index (χ0v) is 11.9. The van der Waals surface area contributed by atoms with Crippen LogP contribution in [0.15, 0.2) is 16.6 Å². The molecule has 1 fully saturated rings. The molecule has 1 aliphatic rings. The lowest BCUT2D eigenvalue weighted by molar-refractivity contribution is -0.188. The first-order valence-electron chi connectivity index (χ1n) is 6.00. The first-order chi connectivity index (χ1) is 9.32. The van der Waals surface area contributed by atoms with Gasteiger partial charge in [-0.3, -0.25) is 4.90 Å². The zero-order chi connectivity index (χ0) is 14.9. The van der Waals surface area contributed by atoms with E-state index in [1.807, 2.05) is 0 Å². The number of halogens is 5. The monoisotopic (exact) mass is 356 g/mol. The molecular weight excluding hydrogens is 344 g/mol. The van der Waals surface area contributed by atoms with Crippen LogP contribution in [-0.4, -0.2) is 42.4 Å². The molecule has 0 aliphatic carbocycles. The first-order valence-corrected chi connectivity index (χ1v) is 6.80. The fraction of sp³-hybridized carbons (Fsp3) is 0.500. The molecule has 0 spiro atoms. The fourth-order valence-corrected chi connectivity index (χ4v) is 2.85. The van der Waals surface area contributed by atoms with Gasteiger partial charge in [-0.25, -0.2) is 4.39 Å². The number of benzene rings is 1. The predicted molar refractivity (Wildman–Crippen MR) is 69.0 cm³/mol. The molecule has 0 radical (unpaired) electrons. The summed E-state index contributed by atoms with van der Waals surface area (Å²) in [6.45, 7) is 1.18. The van der Waals surface area contributed by atoms with Crippen molar-refractivity contribution in [1.82, 2.24) is 10.2 Å². The van der Waals surface area contributed by atoms with Crippen molar-refractivity contribution < 1.29 is 22.7 Å². The molecule has 1 heterocycles. The number of alkyl halides is 3. The number of phenols is 1. The van der Waals surface area contributed by atoms with E-state index in [0.29, 0.717) is 13.1 Å². The largest absolute Gasteiger partial charge is 0.505 e. The number of piperazine rings is 1. The topological polar surface area (TPSA) is 35.5 Å². The van der Waals surface area contributed by atoms with Gasteiger partial charge in [0.15, 0.2) is 11.6 Å². The molecule has 20 heavy (non-hydrogen) atoms. The number of hydrogen-bond acceptors (Lipinski definition) is 3. The maximum atomic E-state index is 13.4. The predicted octanol–water partition coefficient (Wildman–Crippen LogP) is 2.80. The van der Waals surface area contributed by atoms with Crippen molar-refractivity contribution >= 4 is 15.9 Å². The Labute approximate surface area is 121 Å². The lowest BCUT2D eigenvalue weighted by atomic mass is 10.0. The van der Waals surface area contributed by atoms with Crippen molar-refractivity contribution in [3.8, 4) is 5.75 Å². The number of phenolic OH excluding ortho intramolecular Hbond substituents is 1. The van der Waals surface area contributed by atoms with Gasteiger partial charge in [-0.1, -0.05) is 15.9 Å². The fourth-order valence-electron chi connectivity index (χ4n) is 2.31. The minimum atomic E-state index is -4.61. The second-order valence-corrected chi connectivity index (χ2v) is 5.38. The second kappa shape index (κ2) is 5.87. The maximum Gasteiger partial charge on any atom is 0.408 e. The Kier molecular flexibility index (Phi) is 4.55. The van der Waals surface area contributed by atoms with E-state index >= 15 is 0 Å².